The fourth-order valence-corrected chi connectivity index (χ4v) is 1.60. The Morgan fingerprint density at radius 2 is 2.06 bits per heavy atom. The molecule has 0 radical (unpaired) electrons. The van der Waals surface area contributed by atoms with Crippen molar-refractivity contribution in [3.05, 3.63) is 35.4 Å². The Morgan fingerprint density at radius 3 is 2.56 bits per heavy atom. The zero-order valence-corrected chi connectivity index (χ0v) is 8.50. The third kappa shape index (κ3) is 1.90. The number of esters is 1. The summed E-state index contributed by atoms with van der Waals surface area (Å²) in [7, 11) is 0. The van der Waals surface area contributed by atoms with Crippen LogP contribution in [0.25, 0.3) is 0 Å². The second kappa shape index (κ2) is 3.83. The molecule has 1 aliphatic carbocycles. The van der Waals surface area contributed by atoms with Gasteiger partial charge in [0.2, 0.25) is 0 Å². The molecule has 1 saturated carbocycles. The molecule has 0 bridgehead atoms. The molecular formula is C11H11F2NO2. The maximum atomic E-state index is 13.0. The lowest BCUT2D eigenvalue weighted by Gasteiger charge is -2.16. The standard InChI is InChI=1S/C11H11F2NO2/c12-8-2-1-7(5-9(8)13)11(3-4-11)16-10(15)6-14/h1-2,5H,3-4,6,14H2. The van der Waals surface area contributed by atoms with Crippen molar-refractivity contribution in [2.45, 2.75) is 18.4 Å². The zero-order valence-electron chi connectivity index (χ0n) is 8.50. The van der Waals surface area contributed by atoms with E-state index in [1.807, 2.05) is 0 Å². The smallest absolute Gasteiger partial charge is 0.320 e. The molecule has 86 valence electrons. The SMILES string of the molecule is NCC(=O)OC1(c2ccc(F)c(F)c2)CC1. The highest BCUT2D eigenvalue weighted by atomic mass is 19.2. The highest BCUT2D eigenvalue weighted by molar-refractivity contribution is 5.72. The Labute approximate surface area is 91.2 Å². The van der Waals surface area contributed by atoms with Crippen LogP contribution in [-0.2, 0) is 15.1 Å². The Kier molecular flexibility index (Phi) is 2.63. The fraction of sp³-hybridized carbons (Fsp3) is 0.364. The van der Waals surface area contributed by atoms with E-state index in [1.54, 1.807) is 0 Å². The lowest BCUT2D eigenvalue weighted by Crippen LogP contribution is -2.24. The van der Waals surface area contributed by atoms with E-state index in [0.29, 0.717) is 18.4 Å². The summed E-state index contributed by atoms with van der Waals surface area (Å²) in [6.45, 7) is -0.217. The van der Waals surface area contributed by atoms with Gasteiger partial charge in [-0.15, -0.1) is 0 Å². The summed E-state index contributed by atoms with van der Waals surface area (Å²) < 4.78 is 30.9. The molecule has 3 nitrogen and oxygen atoms in total. The quantitative estimate of drug-likeness (QED) is 0.795. The van der Waals surface area contributed by atoms with Gasteiger partial charge in [0.15, 0.2) is 11.6 Å². The molecule has 0 spiro atoms. The molecule has 0 amide bonds. The normalized spacial score (nSPS) is 16.9. The first-order chi connectivity index (χ1) is 7.57. The summed E-state index contributed by atoms with van der Waals surface area (Å²) in [4.78, 5) is 11.1. The Morgan fingerprint density at radius 1 is 1.38 bits per heavy atom. The van der Waals surface area contributed by atoms with Crippen molar-refractivity contribution in [1.82, 2.24) is 0 Å². The van der Waals surface area contributed by atoms with Crippen LogP contribution in [0.15, 0.2) is 18.2 Å². The fourth-order valence-electron chi connectivity index (χ4n) is 1.60. The van der Waals surface area contributed by atoms with Crippen LogP contribution in [0.5, 0.6) is 0 Å². The molecule has 0 aliphatic heterocycles. The van der Waals surface area contributed by atoms with Crippen LogP contribution in [0, 0.1) is 11.6 Å². The zero-order chi connectivity index (χ0) is 11.8. The van der Waals surface area contributed by atoms with Gasteiger partial charge in [-0.3, -0.25) is 4.79 Å². The number of hydrogen-bond donors (Lipinski definition) is 1. The number of carbonyl (C=O) groups excluding carboxylic acids is 1. The van der Waals surface area contributed by atoms with Gasteiger partial charge in [-0.05, 0) is 30.5 Å². The van der Waals surface area contributed by atoms with Gasteiger partial charge in [0.25, 0.3) is 0 Å². The van der Waals surface area contributed by atoms with Crippen LogP contribution >= 0.6 is 0 Å². The van der Waals surface area contributed by atoms with Crippen LogP contribution in [0.3, 0.4) is 0 Å². The van der Waals surface area contributed by atoms with Gasteiger partial charge in [-0.25, -0.2) is 8.78 Å². The van der Waals surface area contributed by atoms with Crippen LogP contribution in [0.4, 0.5) is 8.78 Å². The molecule has 2 N–H and O–H groups in total. The summed E-state index contributed by atoms with van der Waals surface area (Å²) in [6.07, 6.45) is 1.23. The minimum absolute atomic E-state index is 0.217. The van der Waals surface area contributed by atoms with E-state index in [-0.39, 0.29) is 6.54 Å². The van der Waals surface area contributed by atoms with E-state index in [2.05, 4.69) is 0 Å². The second-order valence-electron chi connectivity index (χ2n) is 3.80. The van der Waals surface area contributed by atoms with Crippen LogP contribution < -0.4 is 5.73 Å². The summed E-state index contributed by atoms with van der Waals surface area (Å²) in [5.41, 5.74) is 4.82. The first kappa shape index (κ1) is 11.0. The van der Waals surface area contributed by atoms with Crippen molar-refractivity contribution in [3.63, 3.8) is 0 Å². The summed E-state index contributed by atoms with van der Waals surface area (Å²) >= 11 is 0. The first-order valence-electron chi connectivity index (χ1n) is 4.95. The summed E-state index contributed by atoms with van der Waals surface area (Å²) in [6, 6.07) is 3.52. The Balaban J connectivity index is 2.23. The molecule has 1 aromatic carbocycles. The topological polar surface area (TPSA) is 52.3 Å². The number of ether oxygens (including phenoxy) is 1. The van der Waals surface area contributed by atoms with Gasteiger partial charge in [-0.2, -0.15) is 0 Å². The van der Waals surface area contributed by atoms with Crippen molar-refractivity contribution in [2.24, 2.45) is 5.73 Å². The third-order valence-corrected chi connectivity index (χ3v) is 2.63. The van der Waals surface area contributed by atoms with E-state index in [9.17, 15) is 13.6 Å². The van der Waals surface area contributed by atoms with E-state index in [0.717, 1.165) is 12.1 Å². The van der Waals surface area contributed by atoms with Crippen molar-refractivity contribution < 1.29 is 18.3 Å². The minimum atomic E-state index is -0.937. The molecule has 0 aromatic heterocycles. The lowest BCUT2D eigenvalue weighted by atomic mass is 10.1. The first-order valence-corrected chi connectivity index (χ1v) is 4.95. The predicted molar refractivity (Wildman–Crippen MR) is 52.4 cm³/mol. The predicted octanol–water partition coefficient (Wildman–Crippen LogP) is 1.46. The molecule has 2 rings (SSSR count). The monoisotopic (exact) mass is 227 g/mol. The summed E-state index contributed by atoms with van der Waals surface area (Å²) in [5, 5.41) is 0. The average Bonchev–Trinajstić information content (AvgIpc) is 3.03. The average molecular weight is 227 g/mol. The maximum Gasteiger partial charge on any atom is 0.320 e. The molecule has 0 heterocycles. The van der Waals surface area contributed by atoms with Gasteiger partial charge in [-0.1, -0.05) is 6.07 Å². The molecule has 1 aromatic rings. The van der Waals surface area contributed by atoms with Crippen molar-refractivity contribution in [1.29, 1.82) is 0 Å². The van der Waals surface area contributed by atoms with Crippen molar-refractivity contribution in [3.8, 4) is 0 Å². The maximum absolute atomic E-state index is 13.0. The molecule has 5 heteroatoms. The minimum Gasteiger partial charge on any atom is -0.453 e. The largest absolute Gasteiger partial charge is 0.453 e. The highest BCUT2D eigenvalue weighted by Crippen LogP contribution is 2.49. The number of rotatable bonds is 3. The van der Waals surface area contributed by atoms with E-state index in [1.165, 1.54) is 6.07 Å². The number of benzene rings is 1. The van der Waals surface area contributed by atoms with Gasteiger partial charge in [0.05, 0.1) is 6.54 Å². The van der Waals surface area contributed by atoms with Gasteiger partial charge < -0.3 is 10.5 Å². The molecular weight excluding hydrogens is 216 g/mol. The molecule has 0 saturated heterocycles. The molecule has 16 heavy (non-hydrogen) atoms. The van der Waals surface area contributed by atoms with Crippen molar-refractivity contribution in [2.75, 3.05) is 6.54 Å². The number of hydrogen-bond acceptors (Lipinski definition) is 3. The van der Waals surface area contributed by atoms with E-state index < -0.39 is 23.2 Å². The van der Waals surface area contributed by atoms with Crippen LogP contribution in [0.1, 0.15) is 18.4 Å². The number of carbonyl (C=O) groups is 1. The summed E-state index contributed by atoms with van der Waals surface area (Å²) in [5.74, 6) is -2.39. The van der Waals surface area contributed by atoms with Gasteiger partial charge >= 0.3 is 5.97 Å². The van der Waals surface area contributed by atoms with Crippen LogP contribution in [0.2, 0.25) is 0 Å². The molecule has 1 aliphatic rings. The third-order valence-electron chi connectivity index (χ3n) is 2.63. The highest BCUT2D eigenvalue weighted by Gasteiger charge is 2.48. The van der Waals surface area contributed by atoms with Gasteiger partial charge in [0, 0.05) is 0 Å². The van der Waals surface area contributed by atoms with E-state index >= 15 is 0 Å². The Hall–Kier alpha value is -1.49. The van der Waals surface area contributed by atoms with Crippen LogP contribution in [-0.4, -0.2) is 12.5 Å². The lowest BCUT2D eigenvalue weighted by molar-refractivity contribution is -0.150. The molecule has 0 atom stereocenters. The molecule has 0 unspecified atom stereocenters. The van der Waals surface area contributed by atoms with Crippen molar-refractivity contribution >= 4 is 5.97 Å². The number of halogens is 2. The second-order valence-corrected chi connectivity index (χ2v) is 3.80. The van der Waals surface area contributed by atoms with E-state index in [4.69, 9.17) is 10.5 Å². The molecule has 1 fully saturated rings. The Bertz CT molecular complexity index is 430. The number of nitrogens with two attached hydrogens (primary N) is 1. The van der Waals surface area contributed by atoms with Gasteiger partial charge in [0.1, 0.15) is 5.60 Å².